The van der Waals surface area contributed by atoms with Crippen molar-refractivity contribution in [3.05, 3.63) is 12.7 Å². The number of hydrogen-bond donors (Lipinski definition) is 1. The number of carbonyl (C=O) groups excluding carboxylic acids is 2. The van der Waals surface area contributed by atoms with E-state index in [1.54, 1.807) is 17.9 Å². The van der Waals surface area contributed by atoms with Crippen LogP contribution in [0.2, 0.25) is 0 Å². The Balaban J connectivity index is 2.34. The summed E-state index contributed by atoms with van der Waals surface area (Å²) in [5.74, 6) is 0.0281. The average Bonchev–Trinajstić information content (AvgIpc) is 2.73. The molecule has 2 aliphatic rings. The minimum atomic E-state index is -0.586. The lowest BCUT2D eigenvalue weighted by molar-refractivity contribution is -0.155. The normalized spacial score (nSPS) is 28.3. The third kappa shape index (κ3) is 1.44. The SMILES string of the molecule is C=CCN1C(=O)C(C)NC(=O)C12CCCC2. The molecular weight excluding hydrogens is 204 g/mol. The van der Waals surface area contributed by atoms with Crippen LogP contribution >= 0.6 is 0 Å². The average molecular weight is 222 g/mol. The summed E-state index contributed by atoms with van der Waals surface area (Å²) in [7, 11) is 0. The summed E-state index contributed by atoms with van der Waals surface area (Å²) in [6, 6.07) is -0.404. The molecule has 1 unspecified atom stereocenters. The van der Waals surface area contributed by atoms with Crippen molar-refractivity contribution >= 4 is 11.8 Å². The third-order valence-electron chi connectivity index (χ3n) is 3.67. The highest BCUT2D eigenvalue weighted by molar-refractivity contribution is 5.99. The predicted octanol–water partition coefficient (Wildman–Crippen LogP) is 0.832. The number of hydrogen-bond acceptors (Lipinski definition) is 2. The fourth-order valence-corrected chi connectivity index (χ4v) is 2.81. The number of piperazine rings is 1. The lowest BCUT2D eigenvalue weighted by Crippen LogP contribution is -2.69. The molecule has 2 amide bonds. The Morgan fingerprint density at radius 2 is 2.12 bits per heavy atom. The zero-order valence-corrected chi connectivity index (χ0v) is 9.66. The van der Waals surface area contributed by atoms with Gasteiger partial charge in [-0.3, -0.25) is 9.59 Å². The number of nitrogens with one attached hydrogen (secondary N) is 1. The van der Waals surface area contributed by atoms with Crippen LogP contribution in [0.25, 0.3) is 0 Å². The molecule has 1 saturated carbocycles. The fourth-order valence-electron chi connectivity index (χ4n) is 2.81. The fraction of sp³-hybridized carbons (Fsp3) is 0.667. The van der Waals surface area contributed by atoms with Crippen LogP contribution in [0.1, 0.15) is 32.6 Å². The van der Waals surface area contributed by atoms with E-state index in [1.807, 2.05) is 0 Å². The van der Waals surface area contributed by atoms with Crippen LogP contribution in [0.3, 0.4) is 0 Å². The first-order valence-electron chi connectivity index (χ1n) is 5.85. The van der Waals surface area contributed by atoms with Gasteiger partial charge in [0.15, 0.2) is 0 Å². The molecule has 0 bridgehead atoms. The second-order valence-corrected chi connectivity index (χ2v) is 4.67. The molecule has 1 aliphatic carbocycles. The molecule has 0 aromatic rings. The van der Waals surface area contributed by atoms with Crippen molar-refractivity contribution in [1.82, 2.24) is 10.2 Å². The molecule has 0 aromatic carbocycles. The predicted molar refractivity (Wildman–Crippen MR) is 60.7 cm³/mol. The van der Waals surface area contributed by atoms with Crippen LogP contribution in [0.15, 0.2) is 12.7 Å². The molecule has 1 aliphatic heterocycles. The zero-order chi connectivity index (χ0) is 11.8. The maximum Gasteiger partial charge on any atom is 0.246 e. The molecule has 1 saturated heterocycles. The number of rotatable bonds is 2. The van der Waals surface area contributed by atoms with Gasteiger partial charge in [-0.1, -0.05) is 18.9 Å². The van der Waals surface area contributed by atoms with Gasteiger partial charge in [0, 0.05) is 6.54 Å². The molecule has 88 valence electrons. The van der Waals surface area contributed by atoms with E-state index in [2.05, 4.69) is 11.9 Å². The van der Waals surface area contributed by atoms with Gasteiger partial charge in [-0.25, -0.2) is 0 Å². The zero-order valence-electron chi connectivity index (χ0n) is 9.66. The molecule has 1 heterocycles. The van der Waals surface area contributed by atoms with Gasteiger partial charge in [0.05, 0.1) is 0 Å². The molecule has 16 heavy (non-hydrogen) atoms. The lowest BCUT2D eigenvalue weighted by atomic mass is 9.89. The van der Waals surface area contributed by atoms with Crippen LogP contribution in [-0.4, -0.2) is 34.8 Å². The maximum atomic E-state index is 12.1. The van der Waals surface area contributed by atoms with Crippen molar-refractivity contribution in [1.29, 1.82) is 0 Å². The van der Waals surface area contributed by atoms with Crippen molar-refractivity contribution in [3.8, 4) is 0 Å². The first-order chi connectivity index (χ1) is 7.62. The van der Waals surface area contributed by atoms with Gasteiger partial charge >= 0.3 is 0 Å². The van der Waals surface area contributed by atoms with Gasteiger partial charge in [0.2, 0.25) is 11.8 Å². The van der Waals surface area contributed by atoms with Crippen LogP contribution in [-0.2, 0) is 9.59 Å². The van der Waals surface area contributed by atoms with E-state index in [0.29, 0.717) is 6.54 Å². The first kappa shape index (κ1) is 11.2. The molecule has 1 atom stereocenters. The van der Waals surface area contributed by atoms with E-state index in [1.165, 1.54) is 0 Å². The molecule has 0 aromatic heterocycles. The van der Waals surface area contributed by atoms with Gasteiger partial charge in [-0.15, -0.1) is 6.58 Å². The summed E-state index contributed by atoms with van der Waals surface area (Å²) in [5, 5.41) is 2.79. The van der Waals surface area contributed by atoms with Crippen LogP contribution in [0.5, 0.6) is 0 Å². The summed E-state index contributed by atoms with van der Waals surface area (Å²) in [5.41, 5.74) is -0.586. The van der Waals surface area contributed by atoms with Crippen LogP contribution in [0.4, 0.5) is 0 Å². The minimum absolute atomic E-state index is 0.0129. The topological polar surface area (TPSA) is 49.4 Å². The molecule has 0 radical (unpaired) electrons. The van der Waals surface area contributed by atoms with E-state index in [4.69, 9.17) is 0 Å². The Hall–Kier alpha value is -1.32. The third-order valence-corrected chi connectivity index (χ3v) is 3.67. The van der Waals surface area contributed by atoms with Gasteiger partial charge < -0.3 is 10.2 Å². The van der Waals surface area contributed by atoms with E-state index in [9.17, 15) is 9.59 Å². The van der Waals surface area contributed by atoms with Gasteiger partial charge in [0.25, 0.3) is 0 Å². The van der Waals surface area contributed by atoms with Crippen molar-refractivity contribution in [2.45, 2.75) is 44.2 Å². The summed E-state index contributed by atoms with van der Waals surface area (Å²) in [4.78, 5) is 25.9. The van der Waals surface area contributed by atoms with E-state index < -0.39 is 11.6 Å². The Labute approximate surface area is 95.7 Å². The molecule has 1 spiro atoms. The van der Waals surface area contributed by atoms with Gasteiger partial charge in [-0.05, 0) is 19.8 Å². The molecule has 4 nitrogen and oxygen atoms in total. The molecule has 4 heteroatoms. The molecule has 2 fully saturated rings. The van der Waals surface area contributed by atoms with Gasteiger partial charge in [0.1, 0.15) is 11.6 Å². The minimum Gasteiger partial charge on any atom is -0.343 e. The Bertz CT molecular complexity index is 332. The van der Waals surface area contributed by atoms with E-state index in [-0.39, 0.29) is 11.8 Å². The highest BCUT2D eigenvalue weighted by Crippen LogP contribution is 2.37. The quantitative estimate of drug-likeness (QED) is 0.704. The highest BCUT2D eigenvalue weighted by atomic mass is 16.2. The smallest absolute Gasteiger partial charge is 0.246 e. The second kappa shape index (κ2) is 3.92. The van der Waals surface area contributed by atoms with Crippen LogP contribution < -0.4 is 5.32 Å². The van der Waals surface area contributed by atoms with Crippen molar-refractivity contribution in [3.63, 3.8) is 0 Å². The molecule has 1 N–H and O–H groups in total. The summed E-state index contributed by atoms with van der Waals surface area (Å²) in [6.45, 7) is 5.87. The Morgan fingerprint density at radius 3 is 2.69 bits per heavy atom. The monoisotopic (exact) mass is 222 g/mol. The van der Waals surface area contributed by atoms with Crippen molar-refractivity contribution in [2.24, 2.45) is 0 Å². The summed E-state index contributed by atoms with van der Waals surface area (Å²) < 4.78 is 0. The number of carbonyl (C=O) groups is 2. The summed E-state index contributed by atoms with van der Waals surface area (Å²) in [6.07, 6.45) is 5.30. The summed E-state index contributed by atoms with van der Waals surface area (Å²) >= 11 is 0. The Morgan fingerprint density at radius 1 is 1.50 bits per heavy atom. The number of nitrogens with zero attached hydrogens (tertiary/aromatic N) is 1. The highest BCUT2D eigenvalue weighted by Gasteiger charge is 2.52. The second-order valence-electron chi connectivity index (χ2n) is 4.67. The first-order valence-corrected chi connectivity index (χ1v) is 5.85. The van der Waals surface area contributed by atoms with Crippen molar-refractivity contribution in [2.75, 3.05) is 6.54 Å². The van der Waals surface area contributed by atoms with Gasteiger partial charge in [-0.2, -0.15) is 0 Å². The standard InChI is InChI=1S/C12H18N2O2/c1-3-8-14-10(15)9(2)13-11(16)12(14)6-4-5-7-12/h3,9H,1,4-8H2,2H3,(H,13,16). The van der Waals surface area contributed by atoms with Crippen LogP contribution in [0, 0.1) is 0 Å². The molecular formula is C12H18N2O2. The lowest BCUT2D eigenvalue weighted by Gasteiger charge is -2.45. The maximum absolute atomic E-state index is 12.1. The Kier molecular flexibility index (Phi) is 2.74. The molecule has 2 rings (SSSR count). The van der Waals surface area contributed by atoms with E-state index in [0.717, 1.165) is 25.7 Å². The van der Waals surface area contributed by atoms with Crippen molar-refractivity contribution < 1.29 is 9.59 Å². The number of amides is 2. The van der Waals surface area contributed by atoms with E-state index >= 15 is 0 Å². The largest absolute Gasteiger partial charge is 0.343 e.